The first-order valence-corrected chi connectivity index (χ1v) is 11.8. The van der Waals surface area contributed by atoms with Crippen molar-refractivity contribution < 1.29 is 4.74 Å². The Bertz CT molecular complexity index is 640. The molecule has 168 valence electrons. The van der Waals surface area contributed by atoms with E-state index in [-0.39, 0.29) is 0 Å². The predicted molar refractivity (Wildman–Crippen MR) is 127 cm³/mol. The number of guanidine groups is 1. The zero-order valence-corrected chi connectivity index (χ0v) is 19.2. The van der Waals surface area contributed by atoms with Crippen LogP contribution in [0.15, 0.2) is 29.3 Å². The van der Waals surface area contributed by atoms with Crippen molar-refractivity contribution >= 4 is 11.6 Å². The van der Waals surface area contributed by atoms with Crippen LogP contribution in [0.5, 0.6) is 0 Å². The van der Waals surface area contributed by atoms with Crippen LogP contribution < -0.4 is 15.5 Å². The highest BCUT2D eigenvalue weighted by atomic mass is 16.5. The van der Waals surface area contributed by atoms with Crippen molar-refractivity contribution in [3.05, 3.63) is 29.8 Å². The fraction of sp³-hybridized carbons (Fsp3) is 0.708. The maximum atomic E-state index is 5.21. The molecule has 0 spiro atoms. The zero-order chi connectivity index (χ0) is 21.2. The van der Waals surface area contributed by atoms with E-state index >= 15 is 0 Å². The SMILES string of the molecule is CCNC(=NCC1CCN(CCOC)CC1)NC1CCCN(c2ccc(C)cc2)C1. The van der Waals surface area contributed by atoms with E-state index in [1.165, 1.54) is 50.0 Å². The molecule has 2 fully saturated rings. The molecule has 2 N–H and O–H groups in total. The van der Waals surface area contributed by atoms with Gasteiger partial charge in [-0.1, -0.05) is 17.7 Å². The van der Waals surface area contributed by atoms with Gasteiger partial charge >= 0.3 is 0 Å². The summed E-state index contributed by atoms with van der Waals surface area (Å²) in [6.07, 6.45) is 4.88. The van der Waals surface area contributed by atoms with Crippen molar-refractivity contribution in [1.82, 2.24) is 15.5 Å². The first kappa shape index (κ1) is 22.9. The Balaban J connectivity index is 1.49. The van der Waals surface area contributed by atoms with Gasteiger partial charge < -0.3 is 25.2 Å². The lowest BCUT2D eigenvalue weighted by Crippen LogP contribution is -2.51. The highest BCUT2D eigenvalue weighted by Gasteiger charge is 2.22. The number of methoxy groups -OCH3 is 1. The minimum Gasteiger partial charge on any atom is -0.383 e. The summed E-state index contributed by atoms with van der Waals surface area (Å²) in [5.74, 6) is 1.67. The number of anilines is 1. The molecule has 2 aliphatic heterocycles. The van der Waals surface area contributed by atoms with Gasteiger partial charge in [-0.05, 0) is 70.7 Å². The molecule has 2 aliphatic rings. The summed E-state index contributed by atoms with van der Waals surface area (Å²) < 4.78 is 5.21. The minimum atomic E-state index is 0.439. The predicted octanol–water partition coefficient (Wildman–Crippen LogP) is 2.88. The number of aryl methyl sites for hydroxylation is 1. The lowest BCUT2D eigenvalue weighted by Gasteiger charge is -2.35. The molecule has 0 saturated carbocycles. The first-order chi connectivity index (χ1) is 14.7. The Hall–Kier alpha value is -1.79. The summed E-state index contributed by atoms with van der Waals surface area (Å²) in [6, 6.07) is 9.34. The van der Waals surface area contributed by atoms with Gasteiger partial charge in [0, 0.05) is 51.6 Å². The third-order valence-corrected chi connectivity index (χ3v) is 6.33. The summed E-state index contributed by atoms with van der Waals surface area (Å²) in [5, 5.41) is 7.18. The molecule has 0 amide bonds. The number of likely N-dealkylation sites (tertiary alicyclic amines) is 1. The number of ether oxygens (including phenoxy) is 1. The van der Waals surface area contributed by atoms with Crippen LogP contribution in [0.2, 0.25) is 0 Å². The lowest BCUT2D eigenvalue weighted by molar-refractivity contribution is 0.121. The summed E-state index contributed by atoms with van der Waals surface area (Å²) in [6.45, 7) is 12.5. The Morgan fingerprint density at radius 3 is 2.60 bits per heavy atom. The van der Waals surface area contributed by atoms with Crippen LogP contribution in [0.3, 0.4) is 0 Å². The van der Waals surface area contributed by atoms with Crippen molar-refractivity contribution in [1.29, 1.82) is 0 Å². The average Bonchev–Trinajstić information content (AvgIpc) is 2.77. The Labute approximate surface area is 183 Å². The number of nitrogens with zero attached hydrogens (tertiary/aromatic N) is 3. The lowest BCUT2D eigenvalue weighted by atomic mass is 9.97. The summed E-state index contributed by atoms with van der Waals surface area (Å²) in [5.41, 5.74) is 2.64. The van der Waals surface area contributed by atoms with Gasteiger partial charge in [-0.2, -0.15) is 0 Å². The van der Waals surface area contributed by atoms with Gasteiger partial charge in [0.15, 0.2) is 5.96 Å². The second-order valence-corrected chi connectivity index (χ2v) is 8.76. The summed E-state index contributed by atoms with van der Waals surface area (Å²) >= 11 is 0. The molecule has 2 saturated heterocycles. The smallest absolute Gasteiger partial charge is 0.191 e. The fourth-order valence-corrected chi connectivity index (χ4v) is 4.43. The molecule has 1 aromatic rings. The van der Waals surface area contributed by atoms with E-state index in [0.717, 1.165) is 45.3 Å². The van der Waals surface area contributed by atoms with Gasteiger partial charge in [0.25, 0.3) is 0 Å². The fourth-order valence-electron chi connectivity index (χ4n) is 4.43. The van der Waals surface area contributed by atoms with Crippen molar-refractivity contribution in [2.45, 2.75) is 45.6 Å². The van der Waals surface area contributed by atoms with Crippen LogP contribution in [-0.4, -0.2) is 76.4 Å². The molecule has 0 radical (unpaired) electrons. The summed E-state index contributed by atoms with van der Waals surface area (Å²) in [7, 11) is 1.78. The Morgan fingerprint density at radius 1 is 1.13 bits per heavy atom. The maximum Gasteiger partial charge on any atom is 0.191 e. The van der Waals surface area contributed by atoms with Gasteiger partial charge in [0.2, 0.25) is 0 Å². The number of benzene rings is 1. The minimum absolute atomic E-state index is 0.439. The molecule has 1 aromatic carbocycles. The quantitative estimate of drug-likeness (QED) is 0.505. The van der Waals surface area contributed by atoms with E-state index < -0.39 is 0 Å². The van der Waals surface area contributed by atoms with E-state index in [0.29, 0.717) is 12.0 Å². The van der Waals surface area contributed by atoms with Crippen molar-refractivity contribution in [2.75, 3.05) is 64.4 Å². The Kier molecular flexibility index (Phi) is 9.27. The molecule has 3 rings (SSSR count). The molecule has 6 nitrogen and oxygen atoms in total. The third-order valence-electron chi connectivity index (χ3n) is 6.33. The molecule has 0 bridgehead atoms. The molecular formula is C24H41N5O. The second kappa shape index (κ2) is 12.2. The molecule has 1 atom stereocenters. The van der Waals surface area contributed by atoms with E-state index in [2.05, 4.69) is 58.5 Å². The van der Waals surface area contributed by atoms with Crippen LogP contribution in [0.4, 0.5) is 5.69 Å². The molecule has 2 heterocycles. The third kappa shape index (κ3) is 7.17. The Morgan fingerprint density at radius 2 is 1.90 bits per heavy atom. The number of piperidine rings is 2. The molecule has 0 aliphatic carbocycles. The van der Waals surface area contributed by atoms with E-state index in [4.69, 9.17) is 9.73 Å². The van der Waals surface area contributed by atoms with Crippen LogP contribution in [0.1, 0.15) is 38.2 Å². The maximum absolute atomic E-state index is 5.21. The van der Waals surface area contributed by atoms with Gasteiger partial charge in [0.1, 0.15) is 0 Å². The van der Waals surface area contributed by atoms with Gasteiger partial charge in [-0.25, -0.2) is 0 Å². The number of hydrogen-bond acceptors (Lipinski definition) is 4. The van der Waals surface area contributed by atoms with Crippen LogP contribution >= 0.6 is 0 Å². The van der Waals surface area contributed by atoms with E-state index in [9.17, 15) is 0 Å². The highest BCUT2D eigenvalue weighted by Crippen LogP contribution is 2.21. The summed E-state index contributed by atoms with van der Waals surface area (Å²) in [4.78, 5) is 9.97. The number of hydrogen-bond donors (Lipinski definition) is 2. The van der Waals surface area contributed by atoms with Gasteiger partial charge in [0.05, 0.1) is 6.61 Å². The molecular weight excluding hydrogens is 374 g/mol. The monoisotopic (exact) mass is 415 g/mol. The van der Waals surface area contributed by atoms with Crippen LogP contribution in [-0.2, 0) is 4.74 Å². The van der Waals surface area contributed by atoms with E-state index in [1.807, 2.05) is 0 Å². The number of nitrogens with one attached hydrogen (secondary N) is 2. The molecule has 6 heteroatoms. The zero-order valence-electron chi connectivity index (χ0n) is 19.2. The topological polar surface area (TPSA) is 52.1 Å². The standard InChI is InChI=1S/C24H41N5O/c1-4-25-24(26-18-21-11-14-28(15-12-21)16-17-30-3)27-22-6-5-13-29(19-22)23-9-7-20(2)8-10-23/h7-10,21-22H,4-6,11-19H2,1-3H3,(H2,25,26,27). The molecule has 30 heavy (non-hydrogen) atoms. The average molecular weight is 416 g/mol. The van der Waals surface area contributed by atoms with Crippen molar-refractivity contribution in [3.63, 3.8) is 0 Å². The van der Waals surface area contributed by atoms with Crippen LogP contribution in [0, 0.1) is 12.8 Å². The number of aliphatic imine (C=N–C) groups is 1. The number of rotatable bonds is 8. The normalized spacial score (nSPS) is 21.6. The molecule has 0 aromatic heterocycles. The van der Waals surface area contributed by atoms with Crippen molar-refractivity contribution in [2.24, 2.45) is 10.9 Å². The van der Waals surface area contributed by atoms with Crippen LogP contribution in [0.25, 0.3) is 0 Å². The second-order valence-electron chi connectivity index (χ2n) is 8.76. The highest BCUT2D eigenvalue weighted by molar-refractivity contribution is 5.80. The van der Waals surface area contributed by atoms with Crippen molar-refractivity contribution in [3.8, 4) is 0 Å². The first-order valence-electron chi connectivity index (χ1n) is 11.8. The van der Waals surface area contributed by atoms with E-state index in [1.54, 1.807) is 7.11 Å². The van der Waals surface area contributed by atoms with Gasteiger partial charge in [-0.15, -0.1) is 0 Å². The largest absolute Gasteiger partial charge is 0.383 e. The molecule has 1 unspecified atom stereocenters. The van der Waals surface area contributed by atoms with Gasteiger partial charge in [-0.3, -0.25) is 4.99 Å².